The number of rotatable bonds is 7. The molecule has 1 aliphatic heterocycles. The molecule has 1 fully saturated rings. The first-order chi connectivity index (χ1) is 13.3. The zero-order chi connectivity index (χ0) is 18.9. The van der Waals surface area contributed by atoms with E-state index >= 15 is 0 Å². The van der Waals surface area contributed by atoms with E-state index < -0.39 is 0 Å². The van der Waals surface area contributed by atoms with Gasteiger partial charge in [-0.2, -0.15) is 0 Å². The molecule has 0 atom stereocenters. The largest absolute Gasteiger partial charge is 0.380 e. The number of hydrogen-bond donors (Lipinski definition) is 2. The van der Waals surface area contributed by atoms with Gasteiger partial charge in [-0.1, -0.05) is 24.3 Å². The van der Waals surface area contributed by atoms with Crippen LogP contribution in [0.25, 0.3) is 0 Å². The number of thiophene rings is 1. The highest BCUT2D eigenvalue weighted by Crippen LogP contribution is 2.24. The number of anilines is 1. The van der Waals surface area contributed by atoms with E-state index in [2.05, 4.69) is 64.2 Å². The van der Waals surface area contributed by atoms with Crippen LogP contribution in [-0.2, 0) is 17.9 Å². The van der Waals surface area contributed by atoms with Crippen molar-refractivity contribution in [1.29, 1.82) is 0 Å². The second-order valence-corrected chi connectivity index (χ2v) is 7.73. The molecule has 1 aromatic carbocycles. The Bertz CT molecular complexity index is 691. The summed E-state index contributed by atoms with van der Waals surface area (Å²) < 4.78 is 5.16. The van der Waals surface area contributed by atoms with E-state index in [9.17, 15) is 0 Å². The molecular formula is C21H30N4OS. The number of piperidine rings is 1. The number of guanidine groups is 1. The van der Waals surface area contributed by atoms with Gasteiger partial charge in [0.05, 0.1) is 18.2 Å². The van der Waals surface area contributed by atoms with E-state index in [1.54, 1.807) is 7.11 Å². The molecule has 0 radical (unpaired) electrons. The molecule has 0 amide bonds. The molecule has 6 heteroatoms. The Labute approximate surface area is 166 Å². The van der Waals surface area contributed by atoms with Crippen molar-refractivity contribution < 1.29 is 4.74 Å². The molecule has 1 saturated heterocycles. The van der Waals surface area contributed by atoms with Gasteiger partial charge in [-0.05, 0) is 48.4 Å². The van der Waals surface area contributed by atoms with Gasteiger partial charge in [0, 0.05) is 32.8 Å². The van der Waals surface area contributed by atoms with Crippen LogP contribution in [0.15, 0.2) is 46.8 Å². The van der Waals surface area contributed by atoms with E-state index in [0.29, 0.717) is 19.2 Å². The second-order valence-electron chi connectivity index (χ2n) is 6.80. The van der Waals surface area contributed by atoms with Gasteiger partial charge in [0.25, 0.3) is 0 Å². The fourth-order valence-corrected chi connectivity index (χ4v) is 4.07. The lowest BCUT2D eigenvalue weighted by atomic mass is 10.1. The van der Waals surface area contributed by atoms with Crippen LogP contribution in [0, 0.1) is 0 Å². The lowest BCUT2D eigenvalue weighted by Gasteiger charge is -2.33. The average molecular weight is 387 g/mol. The molecular weight excluding hydrogens is 356 g/mol. The second kappa shape index (κ2) is 10.3. The smallest absolute Gasteiger partial charge is 0.191 e. The van der Waals surface area contributed by atoms with Gasteiger partial charge in [0.15, 0.2) is 5.96 Å². The van der Waals surface area contributed by atoms with E-state index in [1.807, 2.05) is 11.3 Å². The first-order valence-electron chi connectivity index (χ1n) is 9.68. The summed E-state index contributed by atoms with van der Waals surface area (Å²) in [6.07, 6.45) is 2.27. The topological polar surface area (TPSA) is 48.9 Å². The van der Waals surface area contributed by atoms with Crippen LogP contribution < -0.4 is 15.5 Å². The normalized spacial score (nSPS) is 15.8. The molecule has 2 heterocycles. The molecule has 146 valence electrons. The summed E-state index contributed by atoms with van der Waals surface area (Å²) in [5.74, 6) is 0.910. The zero-order valence-corrected chi connectivity index (χ0v) is 17.1. The van der Waals surface area contributed by atoms with E-state index in [0.717, 1.165) is 38.4 Å². The van der Waals surface area contributed by atoms with Crippen LogP contribution in [0.3, 0.4) is 0 Å². The monoisotopic (exact) mass is 386 g/mol. The number of methoxy groups -OCH3 is 1. The van der Waals surface area contributed by atoms with Crippen molar-refractivity contribution in [1.82, 2.24) is 10.6 Å². The number of hydrogen-bond acceptors (Lipinski definition) is 4. The van der Waals surface area contributed by atoms with Gasteiger partial charge in [-0.3, -0.25) is 0 Å². The van der Waals surface area contributed by atoms with E-state index in [1.165, 1.54) is 16.1 Å². The van der Waals surface area contributed by atoms with Crippen molar-refractivity contribution >= 4 is 22.3 Å². The highest BCUT2D eigenvalue weighted by atomic mass is 32.1. The van der Waals surface area contributed by atoms with Crippen molar-refractivity contribution in [2.24, 2.45) is 4.99 Å². The number of nitrogens with zero attached hydrogens (tertiary/aromatic N) is 2. The van der Waals surface area contributed by atoms with Gasteiger partial charge in [0.2, 0.25) is 0 Å². The molecule has 1 aliphatic rings. The standard InChI is InChI=1S/C21H30N4OS/c1-3-22-21(23-15-17-6-8-18(9-7-17)16-26-2)24-19-10-12-25(13-11-19)20-5-4-14-27-20/h4-9,14,19H,3,10-13,15-16H2,1-2H3,(H2,22,23,24). The quantitative estimate of drug-likeness (QED) is 0.564. The molecule has 3 rings (SSSR count). The van der Waals surface area contributed by atoms with Gasteiger partial charge in [-0.25, -0.2) is 4.99 Å². The lowest BCUT2D eigenvalue weighted by Crippen LogP contribution is -2.48. The molecule has 1 aromatic heterocycles. The van der Waals surface area contributed by atoms with Crippen molar-refractivity contribution in [2.45, 2.75) is 39.0 Å². The number of ether oxygens (including phenoxy) is 1. The third kappa shape index (κ3) is 5.97. The van der Waals surface area contributed by atoms with Crippen LogP contribution in [0.5, 0.6) is 0 Å². The SMILES string of the molecule is CCNC(=NCc1ccc(COC)cc1)NC1CCN(c2cccs2)CC1. The van der Waals surface area contributed by atoms with Crippen molar-refractivity contribution in [3.8, 4) is 0 Å². The Morgan fingerprint density at radius 1 is 1.19 bits per heavy atom. The lowest BCUT2D eigenvalue weighted by molar-refractivity contribution is 0.185. The van der Waals surface area contributed by atoms with Crippen LogP contribution in [-0.4, -0.2) is 38.7 Å². The molecule has 0 bridgehead atoms. The Hall–Kier alpha value is -2.05. The third-order valence-corrected chi connectivity index (χ3v) is 5.68. The van der Waals surface area contributed by atoms with Crippen molar-refractivity contribution in [2.75, 3.05) is 31.6 Å². The maximum atomic E-state index is 5.16. The number of nitrogens with one attached hydrogen (secondary N) is 2. The van der Waals surface area contributed by atoms with Gasteiger partial charge in [-0.15, -0.1) is 11.3 Å². The molecule has 0 spiro atoms. The molecule has 2 aromatic rings. The first kappa shape index (κ1) is 19.7. The summed E-state index contributed by atoms with van der Waals surface area (Å²) in [6, 6.07) is 13.3. The minimum absolute atomic E-state index is 0.475. The predicted octanol–water partition coefficient (Wildman–Crippen LogP) is 3.62. The van der Waals surface area contributed by atoms with Gasteiger partial charge < -0.3 is 20.3 Å². The Morgan fingerprint density at radius 3 is 2.56 bits per heavy atom. The molecule has 0 unspecified atom stereocenters. The highest BCUT2D eigenvalue weighted by molar-refractivity contribution is 7.14. The van der Waals surface area contributed by atoms with Crippen molar-refractivity contribution in [3.05, 3.63) is 52.9 Å². The molecule has 2 N–H and O–H groups in total. The molecule has 0 aliphatic carbocycles. The highest BCUT2D eigenvalue weighted by Gasteiger charge is 2.20. The average Bonchev–Trinajstić information content (AvgIpc) is 3.23. The number of benzene rings is 1. The minimum atomic E-state index is 0.475. The van der Waals surface area contributed by atoms with Crippen molar-refractivity contribution in [3.63, 3.8) is 0 Å². The summed E-state index contributed by atoms with van der Waals surface area (Å²) in [5, 5.41) is 10.5. The molecule has 0 saturated carbocycles. The van der Waals surface area contributed by atoms with Crippen LogP contribution in [0.1, 0.15) is 30.9 Å². The predicted molar refractivity (Wildman–Crippen MR) is 115 cm³/mol. The zero-order valence-electron chi connectivity index (χ0n) is 16.3. The van der Waals surface area contributed by atoms with Crippen LogP contribution >= 0.6 is 11.3 Å². The van der Waals surface area contributed by atoms with Gasteiger partial charge in [0.1, 0.15) is 0 Å². The van der Waals surface area contributed by atoms with E-state index in [-0.39, 0.29) is 0 Å². The fourth-order valence-electron chi connectivity index (χ4n) is 3.29. The van der Waals surface area contributed by atoms with Crippen LogP contribution in [0.2, 0.25) is 0 Å². The third-order valence-electron chi connectivity index (χ3n) is 4.75. The summed E-state index contributed by atoms with van der Waals surface area (Å²) in [5.41, 5.74) is 2.40. The Balaban J connectivity index is 1.51. The van der Waals surface area contributed by atoms with Crippen LogP contribution in [0.4, 0.5) is 5.00 Å². The minimum Gasteiger partial charge on any atom is -0.380 e. The fraction of sp³-hybridized carbons (Fsp3) is 0.476. The number of aliphatic imine (C=N–C) groups is 1. The summed E-state index contributed by atoms with van der Waals surface area (Å²) in [6.45, 7) is 6.49. The first-order valence-corrected chi connectivity index (χ1v) is 10.6. The summed E-state index contributed by atoms with van der Waals surface area (Å²) in [4.78, 5) is 7.25. The molecule has 5 nitrogen and oxygen atoms in total. The Kier molecular flexibility index (Phi) is 7.54. The maximum Gasteiger partial charge on any atom is 0.191 e. The molecule has 27 heavy (non-hydrogen) atoms. The maximum absolute atomic E-state index is 5.16. The Morgan fingerprint density at radius 2 is 1.93 bits per heavy atom. The summed E-state index contributed by atoms with van der Waals surface area (Å²) >= 11 is 1.82. The van der Waals surface area contributed by atoms with Gasteiger partial charge >= 0.3 is 0 Å². The summed E-state index contributed by atoms with van der Waals surface area (Å²) in [7, 11) is 1.72. The van der Waals surface area contributed by atoms with E-state index in [4.69, 9.17) is 9.73 Å².